The number of carbonyl (C=O) groups excluding carboxylic acids is 1. The molecule has 1 amide bonds. The first kappa shape index (κ1) is 16.1. The molecule has 0 bridgehead atoms. The molecule has 3 nitrogen and oxygen atoms in total. The minimum atomic E-state index is 0.0890. The van der Waals surface area contributed by atoms with Gasteiger partial charge in [0.15, 0.2) is 0 Å². The molecule has 0 N–H and O–H groups in total. The topological polar surface area (TPSA) is 23.6 Å². The van der Waals surface area contributed by atoms with Gasteiger partial charge in [0.25, 0.3) is 5.91 Å². The summed E-state index contributed by atoms with van der Waals surface area (Å²) in [6.45, 7) is 4.89. The van der Waals surface area contributed by atoms with E-state index in [9.17, 15) is 4.79 Å². The van der Waals surface area contributed by atoms with Gasteiger partial charge in [0.2, 0.25) is 0 Å². The van der Waals surface area contributed by atoms with Gasteiger partial charge in [-0.1, -0.05) is 30.0 Å². The molecule has 1 heterocycles. The number of rotatable bonds is 3. The van der Waals surface area contributed by atoms with Crippen molar-refractivity contribution in [1.82, 2.24) is 4.90 Å². The highest BCUT2D eigenvalue weighted by atomic mass is 32.2. The van der Waals surface area contributed by atoms with Gasteiger partial charge in [-0.15, -0.1) is 0 Å². The molecule has 23 heavy (non-hydrogen) atoms. The summed E-state index contributed by atoms with van der Waals surface area (Å²) in [6, 6.07) is 14.5. The molecular formula is C19H22N2OS. The summed E-state index contributed by atoms with van der Waals surface area (Å²) in [5, 5.41) is 0. The second-order valence-corrected chi connectivity index (χ2v) is 7.38. The lowest BCUT2D eigenvalue weighted by Gasteiger charge is -2.29. The van der Waals surface area contributed by atoms with Gasteiger partial charge >= 0.3 is 0 Å². The van der Waals surface area contributed by atoms with Crippen LogP contribution in [0.3, 0.4) is 0 Å². The summed E-state index contributed by atoms with van der Waals surface area (Å²) in [6.07, 6.45) is 0. The molecule has 2 aromatic rings. The van der Waals surface area contributed by atoms with Gasteiger partial charge in [0.05, 0.1) is 11.3 Å². The quantitative estimate of drug-likeness (QED) is 0.850. The lowest BCUT2D eigenvalue weighted by atomic mass is 10.1. The highest BCUT2D eigenvalue weighted by molar-refractivity contribution is 7.99. The largest absolute Gasteiger partial charge is 0.306 e. The summed E-state index contributed by atoms with van der Waals surface area (Å²) in [7, 11) is 4.10. The summed E-state index contributed by atoms with van der Waals surface area (Å²) >= 11 is 1.68. The maximum Gasteiger partial charge on any atom is 0.259 e. The van der Waals surface area contributed by atoms with Crippen LogP contribution in [0.1, 0.15) is 22.8 Å². The Morgan fingerprint density at radius 1 is 1.13 bits per heavy atom. The van der Waals surface area contributed by atoms with Crippen molar-refractivity contribution in [2.75, 3.05) is 25.5 Å². The number of fused-ring (bicyclic) bond motifs is 2. The summed E-state index contributed by atoms with van der Waals surface area (Å²) in [5.41, 5.74) is 2.98. The van der Waals surface area contributed by atoms with E-state index < -0.39 is 0 Å². The third-order valence-electron chi connectivity index (χ3n) is 4.32. The van der Waals surface area contributed by atoms with Gasteiger partial charge in [-0.3, -0.25) is 4.79 Å². The molecular weight excluding hydrogens is 304 g/mol. The van der Waals surface area contributed by atoms with Crippen LogP contribution in [0.2, 0.25) is 0 Å². The zero-order valence-corrected chi connectivity index (χ0v) is 14.9. The Bertz CT molecular complexity index is 742. The summed E-state index contributed by atoms with van der Waals surface area (Å²) in [5.74, 6) is 0.0890. The maximum atomic E-state index is 13.2. The average Bonchev–Trinajstić information content (AvgIpc) is 2.64. The lowest BCUT2D eigenvalue weighted by Crippen LogP contribution is -2.42. The number of anilines is 1. The van der Waals surface area contributed by atoms with Crippen LogP contribution in [0.15, 0.2) is 52.3 Å². The number of aryl methyl sites for hydroxylation is 1. The van der Waals surface area contributed by atoms with Gasteiger partial charge in [-0.25, -0.2) is 0 Å². The van der Waals surface area contributed by atoms with Crippen LogP contribution in [0.4, 0.5) is 5.69 Å². The fraction of sp³-hybridized carbons (Fsp3) is 0.316. The first-order valence-corrected chi connectivity index (χ1v) is 8.65. The highest BCUT2D eigenvalue weighted by Crippen LogP contribution is 2.41. The molecule has 0 aromatic heterocycles. The molecule has 2 aromatic carbocycles. The molecule has 0 saturated carbocycles. The SMILES string of the molecule is Cc1ccc2c(c1)N(CC(C)N(C)C)C(=O)c1ccccc1S2. The number of hydrogen-bond donors (Lipinski definition) is 0. The third kappa shape index (κ3) is 3.14. The molecule has 1 aliphatic heterocycles. The Kier molecular flexibility index (Phi) is 4.46. The van der Waals surface area contributed by atoms with Crippen molar-refractivity contribution in [3.63, 3.8) is 0 Å². The highest BCUT2D eigenvalue weighted by Gasteiger charge is 2.28. The minimum Gasteiger partial charge on any atom is -0.306 e. The van der Waals surface area contributed by atoms with Crippen molar-refractivity contribution in [1.29, 1.82) is 0 Å². The van der Waals surface area contributed by atoms with E-state index in [0.29, 0.717) is 6.54 Å². The van der Waals surface area contributed by atoms with Crippen LogP contribution in [0.25, 0.3) is 0 Å². The number of carbonyl (C=O) groups is 1. The number of amides is 1. The average molecular weight is 326 g/mol. The monoisotopic (exact) mass is 326 g/mol. The predicted octanol–water partition coefficient (Wildman–Crippen LogP) is 4.06. The van der Waals surface area contributed by atoms with Crippen molar-refractivity contribution in [3.05, 3.63) is 53.6 Å². The molecule has 0 aliphatic carbocycles. The molecule has 0 spiro atoms. The normalized spacial score (nSPS) is 15.2. The van der Waals surface area contributed by atoms with Crippen LogP contribution in [-0.2, 0) is 0 Å². The smallest absolute Gasteiger partial charge is 0.259 e. The van der Waals surface area contributed by atoms with Crippen molar-refractivity contribution in [2.45, 2.75) is 29.7 Å². The zero-order chi connectivity index (χ0) is 16.6. The van der Waals surface area contributed by atoms with Gasteiger partial charge in [0.1, 0.15) is 0 Å². The minimum absolute atomic E-state index is 0.0890. The lowest BCUT2D eigenvalue weighted by molar-refractivity contribution is 0.0977. The number of hydrogen-bond acceptors (Lipinski definition) is 3. The first-order valence-electron chi connectivity index (χ1n) is 7.83. The second-order valence-electron chi connectivity index (χ2n) is 6.30. The van der Waals surface area contributed by atoms with Crippen molar-refractivity contribution in [3.8, 4) is 0 Å². The van der Waals surface area contributed by atoms with E-state index >= 15 is 0 Å². The van der Waals surface area contributed by atoms with Crippen LogP contribution >= 0.6 is 11.8 Å². The Morgan fingerprint density at radius 2 is 1.87 bits per heavy atom. The maximum absolute atomic E-state index is 13.2. The number of benzene rings is 2. The van der Waals surface area contributed by atoms with E-state index in [1.165, 1.54) is 5.56 Å². The number of nitrogens with zero attached hydrogens (tertiary/aromatic N) is 2. The molecule has 0 fully saturated rings. The Labute approximate surface area is 142 Å². The van der Waals surface area contributed by atoms with Gasteiger partial charge in [0, 0.05) is 22.4 Å². The predicted molar refractivity (Wildman–Crippen MR) is 96.6 cm³/mol. The van der Waals surface area contributed by atoms with Gasteiger partial charge < -0.3 is 9.80 Å². The Hall–Kier alpha value is -1.78. The van der Waals surface area contributed by atoms with Crippen LogP contribution in [-0.4, -0.2) is 37.5 Å². The molecule has 120 valence electrons. The molecule has 4 heteroatoms. The molecule has 3 rings (SSSR count). The fourth-order valence-electron chi connectivity index (χ4n) is 2.64. The van der Waals surface area contributed by atoms with Gasteiger partial charge in [-0.05, 0) is 57.8 Å². The Balaban J connectivity index is 2.12. The summed E-state index contributed by atoms with van der Waals surface area (Å²) in [4.78, 5) is 19.4. The van der Waals surface area contributed by atoms with Crippen LogP contribution < -0.4 is 4.90 Å². The van der Waals surface area contributed by atoms with Crippen molar-refractivity contribution < 1.29 is 4.79 Å². The molecule has 0 radical (unpaired) electrons. The molecule has 1 atom stereocenters. The van der Waals surface area contributed by atoms with E-state index in [0.717, 1.165) is 21.0 Å². The standard InChI is InChI=1S/C19H22N2OS/c1-13-9-10-18-16(11-13)21(12-14(2)20(3)4)19(22)15-7-5-6-8-17(15)23-18/h5-11,14H,12H2,1-4H3. The first-order chi connectivity index (χ1) is 11.0. The van der Waals surface area contributed by atoms with E-state index in [1.54, 1.807) is 11.8 Å². The number of likely N-dealkylation sites (N-methyl/N-ethyl adjacent to an activating group) is 1. The van der Waals surface area contributed by atoms with Crippen LogP contribution in [0.5, 0.6) is 0 Å². The molecule has 1 unspecified atom stereocenters. The van der Waals surface area contributed by atoms with Crippen molar-refractivity contribution in [2.24, 2.45) is 0 Å². The third-order valence-corrected chi connectivity index (χ3v) is 5.46. The molecule has 0 saturated heterocycles. The Morgan fingerprint density at radius 3 is 2.61 bits per heavy atom. The van der Waals surface area contributed by atoms with E-state index in [1.807, 2.05) is 43.3 Å². The second kappa shape index (κ2) is 6.38. The summed E-state index contributed by atoms with van der Waals surface area (Å²) < 4.78 is 0. The van der Waals surface area contributed by atoms with E-state index in [-0.39, 0.29) is 11.9 Å². The van der Waals surface area contributed by atoms with Crippen molar-refractivity contribution >= 4 is 23.4 Å². The molecule has 1 aliphatic rings. The van der Waals surface area contributed by atoms with E-state index in [4.69, 9.17) is 0 Å². The van der Waals surface area contributed by atoms with E-state index in [2.05, 4.69) is 36.9 Å². The van der Waals surface area contributed by atoms with Crippen LogP contribution in [0, 0.1) is 6.92 Å². The zero-order valence-electron chi connectivity index (χ0n) is 14.0. The fourth-order valence-corrected chi connectivity index (χ4v) is 3.70. The van der Waals surface area contributed by atoms with Gasteiger partial charge in [-0.2, -0.15) is 0 Å².